The predicted octanol–water partition coefficient (Wildman–Crippen LogP) is 4.22. The molecule has 0 unspecified atom stereocenters. The van der Waals surface area contributed by atoms with Gasteiger partial charge in [0.15, 0.2) is 0 Å². The number of benzene rings is 1. The van der Waals surface area contributed by atoms with Gasteiger partial charge >= 0.3 is 0 Å². The zero-order valence-electron chi connectivity index (χ0n) is 9.73. The van der Waals surface area contributed by atoms with Gasteiger partial charge in [-0.05, 0) is 35.5 Å². The molecule has 0 radical (unpaired) electrons. The fourth-order valence-corrected chi connectivity index (χ4v) is 2.85. The molecule has 0 atom stereocenters. The van der Waals surface area contributed by atoms with Crippen molar-refractivity contribution in [2.24, 2.45) is 0 Å². The second-order valence-corrected chi connectivity index (χ2v) is 5.58. The molecule has 1 aromatic carbocycles. The Hall–Kier alpha value is -1.23. The molecule has 0 spiro atoms. The summed E-state index contributed by atoms with van der Waals surface area (Å²) in [6, 6.07) is 4.96. The van der Waals surface area contributed by atoms with Gasteiger partial charge in [0.05, 0.1) is 4.91 Å². The fourth-order valence-electron chi connectivity index (χ4n) is 1.55. The summed E-state index contributed by atoms with van der Waals surface area (Å²) in [4.78, 5) is 25.1. The van der Waals surface area contributed by atoms with Crippen LogP contribution in [0.1, 0.15) is 5.56 Å². The van der Waals surface area contributed by atoms with Crippen LogP contribution in [0.5, 0.6) is 0 Å². The smallest absolute Gasteiger partial charge is 0.268 e. The van der Waals surface area contributed by atoms with Crippen LogP contribution < -0.4 is 0 Å². The van der Waals surface area contributed by atoms with Crippen LogP contribution in [-0.4, -0.2) is 22.6 Å². The average Bonchev–Trinajstić information content (AvgIpc) is 2.61. The van der Waals surface area contributed by atoms with E-state index in [-0.39, 0.29) is 17.7 Å². The Labute approximate surface area is 124 Å². The molecule has 0 aliphatic carbocycles. The third kappa shape index (κ3) is 3.03. The highest BCUT2D eigenvalue weighted by molar-refractivity contribution is 8.18. The minimum Gasteiger partial charge on any atom is -0.268 e. The first-order chi connectivity index (χ1) is 9.02. The zero-order chi connectivity index (χ0) is 14.0. The normalized spacial score (nSPS) is 17.4. The second-order valence-electron chi connectivity index (χ2n) is 3.75. The van der Waals surface area contributed by atoms with Crippen LogP contribution in [0.4, 0.5) is 4.79 Å². The highest BCUT2D eigenvalue weighted by Crippen LogP contribution is 2.33. The van der Waals surface area contributed by atoms with Crippen LogP contribution in [0.2, 0.25) is 10.0 Å². The van der Waals surface area contributed by atoms with E-state index in [2.05, 4.69) is 6.58 Å². The average molecular weight is 314 g/mol. The van der Waals surface area contributed by atoms with Crippen LogP contribution >= 0.6 is 35.0 Å². The van der Waals surface area contributed by atoms with Gasteiger partial charge in [-0.1, -0.05) is 35.3 Å². The maximum absolute atomic E-state index is 12.0. The molecule has 0 saturated carbocycles. The Morgan fingerprint density at radius 2 is 2.05 bits per heavy atom. The number of rotatable bonds is 3. The Morgan fingerprint density at radius 1 is 1.32 bits per heavy atom. The molecular weight excluding hydrogens is 305 g/mol. The summed E-state index contributed by atoms with van der Waals surface area (Å²) < 4.78 is 0. The Bertz CT molecular complexity index is 598. The maximum Gasteiger partial charge on any atom is 0.293 e. The van der Waals surface area contributed by atoms with Crippen molar-refractivity contribution in [1.29, 1.82) is 0 Å². The van der Waals surface area contributed by atoms with E-state index in [9.17, 15) is 9.59 Å². The topological polar surface area (TPSA) is 37.4 Å². The molecule has 98 valence electrons. The van der Waals surface area contributed by atoms with Gasteiger partial charge in [-0.25, -0.2) is 0 Å². The van der Waals surface area contributed by atoms with Gasteiger partial charge in [0.1, 0.15) is 0 Å². The van der Waals surface area contributed by atoms with E-state index in [1.807, 2.05) is 0 Å². The van der Waals surface area contributed by atoms with E-state index in [1.54, 1.807) is 24.3 Å². The molecule has 19 heavy (non-hydrogen) atoms. The number of carbonyl (C=O) groups is 2. The van der Waals surface area contributed by atoms with Crippen LogP contribution in [0.25, 0.3) is 6.08 Å². The van der Waals surface area contributed by atoms with Crippen molar-refractivity contribution in [3.05, 3.63) is 51.4 Å². The van der Waals surface area contributed by atoms with Crippen molar-refractivity contribution in [3.8, 4) is 0 Å². The highest BCUT2D eigenvalue weighted by Gasteiger charge is 2.34. The van der Waals surface area contributed by atoms with Gasteiger partial charge < -0.3 is 0 Å². The third-order valence-electron chi connectivity index (χ3n) is 2.43. The van der Waals surface area contributed by atoms with Crippen molar-refractivity contribution < 1.29 is 9.59 Å². The molecule has 2 amide bonds. The lowest BCUT2D eigenvalue weighted by Crippen LogP contribution is -2.27. The van der Waals surface area contributed by atoms with Crippen molar-refractivity contribution in [2.75, 3.05) is 6.54 Å². The molecule has 0 aromatic heterocycles. The number of amides is 2. The van der Waals surface area contributed by atoms with Gasteiger partial charge in [-0.3, -0.25) is 14.5 Å². The minimum absolute atomic E-state index is 0.205. The summed E-state index contributed by atoms with van der Waals surface area (Å²) in [6.07, 6.45) is 3.10. The summed E-state index contributed by atoms with van der Waals surface area (Å²) >= 11 is 12.7. The highest BCUT2D eigenvalue weighted by atomic mass is 35.5. The van der Waals surface area contributed by atoms with E-state index >= 15 is 0 Å². The Morgan fingerprint density at radius 3 is 2.68 bits per heavy atom. The van der Waals surface area contributed by atoms with Gasteiger partial charge in [-0.15, -0.1) is 6.58 Å². The SMILES string of the molecule is C=CCN1C(=O)S/C(=C/c2ccc(Cl)cc2Cl)C1=O. The molecule has 1 heterocycles. The molecule has 1 aliphatic rings. The first-order valence-electron chi connectivity index (χ1n) is 5.34. The first kappa shape index (κ1) is 14.2. The van der Waals surface area contributed by atoms with E-state index < -0.39 is 0 Å². The minimum atomic E-state index is -0.332. The van der Waals surface area contributed by atoms with E-state index in [4.69, 9.17) is 23.2 Å². The van der Waals surface area contributed by atoms with Gasteiger partial charge in [-0.2, -0.15) is 0 Å². The standard InChI is InChI=1S/C13H9Cl2NO2S/c1-2-5-16-12(17)11(19-13(16)18)6-8-3-4-9(14)7-10(8)15/h2-4,6-7H,1,5H2/b11-6+. The molecule has 3 nitrogen and oxygen atoms in total. The van der Waals surface area contributed by atoms with Crippen LogP contribution in [0.3, 0.4) is 0 Å². The number of halogens is 2. The molecule has 0 bridgehead atoms. The van der Waals surface area contributed by atoms with Crippen molar-refractivity contribution in [2.45, 2.75) is 0 Å². The summed E-state index contributed by atoms with van der Waals surface area (Å²) in [6.45, 7) is 3.72. The number of nitrogens with zero attached hydrogens (tertiary/aromatic N) is 1. The van der Waals surface area contributed by atoms with Crippen LogP contribution in [0, 0.1) is 0 Å². The molecule has 1 fully saturated rings. The largest absolute Gasteiger partial charge is 0.293 e. The van der Waals surface area contributed by atoms with Crippen molar-refractivity contribution >= 4 is 52.2 Å². The number of carbonyl (C=O) groups excluding carboxylic acids is 2. The predicted molar refractivity (Wildman–Crippen MR) is 79.3 cm³/mol. The van der Waals surface area contributed by atoms with E-state index in [0.29, 0.717) is 20.5 Å². The number of thioether (sulfide) groups is 1. The molecule has 2 rings (SSSR count). The molecule has 0 N–H and O–H groups in total. The number of hydrogen-bond donors (Lipinski definition) is 0. The summed E-state index contributed by atoms with van der Waals surface area (Å²) in [5.74, 6) is -0.332. The maximum atomic E-state index is 12.0. The van der Waals surface area contributed by atoms with Crippen molar-refractivity contribution in [1.82, 2.24) is 4.90 Å². The van der Waals surface area contributed by atoms with Gasteiger partial charge in [0.25, 0.3) is 11.1 Å². The van der Waals surface area contributed by atoms with Crippen LogP contribution in [0.15, 0.2) is 35.8 Å². The van der Waals surface area contributed by atoms with Crippen molar-refractivity contribution in [3.63, 3.8) is 0 Å². The molecular formula is C13H9Cl2NO2S. The lowest BCUT2D eigenvalue weighted by atomic mass is 10.2. The first-order valence-corrected chi connectivity index (χ1v) is 6.91. The molecule has 1 saturated heterocycles. The zero-order valence-corrected chi connectivity index (χ0v) is 12.1. The van der Waals surface area contributed by atoms with Crippen LogP contribution in [-0.2, 0) is 4.79 Å². The Kier molecular flexibility index (Phi) is 4.34. The lowest BCUT2D eigenvalue weighted by molar-refractivity contribution is -0.122. The monoisotopic (exact) mass is 313 g/mol. The van der Waals surface area contributed by atoms with Gasteiger partial charge in [0, 0.05) is 16.6 Å². The van der Waals surface area contributed by atoms with E-state index in [0.717, 1.165) is 16.7 Å². The van der Waals surface area contributed by atoms with Gasteiger partial charge in [0.2, 0.25) is 0 Å². The second kappa shape index (κ2) is 5.82. The quantitative estimate of drug-likeness (QED) is 0.619. The summed E-state index contributed by atoms with van der Waals surface area (Å²) in [5.41, 5.74) is 0.648. The Balaban J connectivity index is 2.32. The van der Waals surface area contributed by atoms with E-state index in [1.165, 1.54) is 6.08 Å². The number of hydrogen-bond acceptors (Lipinski definition) is 3. The molecule has 6 heteroatoms. The number of imide groups is 1. The lowest BCUT2D eigenvalue weighted by Gasteiger charge is -2.07. The summed E-state index contributed by atoms with van der Waals surface area (Å²) in [7, 11) is 0. The fraction of sp³-hybridized carbons (Fsp3) is 0.0769. The molecule has 1 aliphatic heterocycles. The third-order valence-corrected chi connectivity index (χ3v) is 3.90. The molecule has 1 aromatic rings. The summed E-state index contributed by atoms with van der Waals surface area (Å²) in [5, 5.41) is 0.645.